The Morgan fingerprint density at radius 1 is 1.15 bits per heavy atom. The summed E-state index contributed by atoms with van der Waals surface area (Å²) in [5.74, 6) is 0.916. The van der Waals surface area contributed by atoms with E-state index < -0.39 is 0 Å². The van der Waals surface area contributed by atoms with Crippen LogP contribution in [-0.2, 0) is 6.42 Å². The summed E-state index contributed by atoms with van der Waals surface area (Å²) in [6.45, 7) is 2.11. The van der Waals surface area contributed by atoms with Crippen molar-refractivity contribution >= 4 is 15.9 Å². The van der Waals surface area contributed by atoms with E-state index in [1.807, 2.05) is 19.2 Å². The lowest BCUT2D eigenvalue weighted by atomic mass is 9.97. The van der Waals surface area contributed by atoms with Gasteiger partial charge in [-0.1, -0.05) is 45.8 Å². The molecule has 2 aromatic carbocycles. The average Bonchev–Trinajstić information content (AvgIpc) is 2.46. The maximum Gasteiger partial charge on any atom is 0.123 e. The van der Waals surface area contributed by atoms with Crippen LogP contribution in [0.4, 0.5) is 0 Å². The van der Waals surface area contributed by atoms with Gasteiger partial charge in [-0.3, -0.25) is 0 Å². The Balaban J connectivity index is 2.28. The van der Waals surface area contributed by atoms with Crippen molar-refractivity contribution in [2.45, 2.75) is 19.4 Å². The van der Waals surface area contributed by atoms with Gasteiger partial charge in [0.15, 0.2) is 0 Å². The molecule has 2 nitrogen and oxygen atoms in total. The molecule has 2 rings (SSSR count). The van der Waals surface area contributed by atoms with Crippen LogP contribution in [0.25, 0.3) is 0 Å². The topological polar surface area (TPSA) is 21.3 Å². The maximum absolute atomic E-state index is 5.48. The summed E-state index contributed by atoms with van der Waals surface area (Å²) in [6, 6.07) is 15.0. The second-order valence-electron chi connectivity index (χ2n) is 4.92. The first-order valence-corrected chi connectivity index (χ1v) is 7.49. The zero-order valence-electron chi connectivity index (χ0n) is 12.1. The Bertz CT molecular complexity index is 566. The fraction of sp³-hybridized carbons (Fsp3) is 0.294. The van der Waals surface area contributed by atoms with Crippen LogP contribution in [0.2, 0.25) is 0 Å². The molecule has 0 aromatic heterocycles. The van der Waals surface area contributed by atoms with Gasteiger partial charge in [0.1, 0.15) is 5.75 Å². The van der Waals surface area contributed by atoms with Crippen LogP contribution in [0.1, 0.15) is 22.7 Å². The van der Waals surface area contributed by atoms with Crippen molar-refractivity contribution in [1.29, 1.82) is 0 Å². The van der Waals surface area contributed by atoms with Crippen molar-refractivity contribution in [2.24, 2.45) is 0 Å². The minimum absolute atomic E-state index is 0.227. The van der Waals surface area contributed by atoms with Gasteiger partial charge in [-0.2, -0.15) is 0 Å². The standard InChI is InChI=1S/C17H20BrNO/c1-12-4-6-13(7-5-12)10-16(19-2)15-11-14(18)8-9-17(15)20-3/h4-9,11,16,19H,10H2,1-3H3. The quantitative estimate of drug-likeness (QED) is 0.882. The highest BCUT2D eigenvalue weighted by atomic mass is 79.9. The third-order valence-corrected chi connectivity index (χ3v) is 3.97. The zero-order chi connectivity index (χ0) is 14.5. The molecule has 20 heavy (non-hydrogen) atoms. The minimum Gasteiger partial charge on any atom is -0.496 e. The van der Waals surface area contributed by atoms with Crippen molar-refractivity contribution in [1.82, 2.24) is 5.32 Å². The highest BCUT2D eigenvalue weighted by molar-refractivity contribution is 9.10. The molecule has 0 heterocycles. The molecular formula is C17H20BrNO. The van der Waals surface area contributed by atoms with Gasteiger partial charge in [0.25, 0.3) is 0 Å². The first-order valence-electron chi connectivity index (χ1n) is 6.70. The molecule has 0 amide bonds. The average molecular weight is 334 g/mol. The lowest BCUT2D eigenvalue weighted by Gasteiger charge is -2.20. The Morgan fingerprint density at radius 2 is 1.85 bits per heavy atom. The maximum atomic E-state index is 5.48. The van der Waals surface area contributed by atoms with Crippen molar-refractivity contribution in [3.05, 3.63) is 63.6 Å². The second kappa shape index (κ2) is 6.91. The van der Waals surface area contributed by atoms with Gasteiger partial charge < -0.3 is 10.1 Å². The van der Waals surface area contributed by atoms with Crippen LogP contribution in [-0.4, -0.2) is 14.2 Å². The predicted molar refractivity (Wildman–Crippen MR) is 87.4 cm³/mol. The van der Waals surface area contributed by atoms with Gasteiger partial charge in [-0.25, -0.2) is 0 Å². The van der Waals surface area contributed by atoms with Crippen molar-refractivity contribution in [3.63, 3.8) is 0 Å². The van der Waals surface area contributed by atoms with Gasteiger partial charge in [-0.05, 0) is 44.2 Å². The van der Waals surface area contributed by atoms with Gasteiger partial charge in [0, 0.05) is 16.1 Å². The predicted octanol–water partition coefficient (Wildman–Crippen LogP) is 4.27. The summed E-state index contributed by atoms with van der Waals surface area (Å²) in [4.78, 5) is 0. The lowest BCUT2D eigenvalue weighted by Crippen LogP contribution is -2.19. The van der Waals surface area contributed by atoms with E-state index in [-0.39, 0.29) is 6.04 Å². The summed E-state index contributed by atoms with van der Waals surface area (Å²) in [5.41, 5.74) is 3.77. The van der Waals surface area contributed by atoms with Crippen LogP contribution in [0.3, 0.4) is 0 Å². The van der Waals surface area contributed by atoms with E-state index in [9.17, 15) is 0 Å². The number of rotatable bonds is 5. The molecule has 106 valence electrons. The van der Waals surface area contributed by atoms with E-state index in [0.29, 0.717) is 0 Å². The second-order valence-corrected chi connectivity index (χ2v) is 5.83. The molecule has 0 spiro atoms. The molecular weight excluding hydrogens is 314 g/mol. The Labute approximate surface area is 129 Å². The number of hydrogen-bond acceptors (Lipinski definition) is 2. The zero-order valence-corrected chi connectivity index (χ0v) is 13.7. The first-order chi connectivity index (χ1) is 9.63. The van der Waals surface area contributed by atoms with E-state index >= 15 is 0 Å². The number of nitrogens with one attached hydrogen (secondary N) is 1. The lowest BCUT2D eigenvalue weighted by molar-refractivity contribution is 0.401. The van der Waals surface area contributed by atoms with E-state index in [2.05, 4.69) is 58.5 Å². The molecule has 0 bridgehead atoms. The molecule has 0 aliphatic carbocycles. The number of benzene rings is 2. The number of ether oxygens (including phenoxy) is 1. The van der Waals surface area contributed by atoms with Crippen LogP contribution in [0.15, 0.2) is 46.9 Å². The molecule has 1 unspecified atom stereocenters. The van der Waals surface area contributed by atoms with Crippen LogP contribution >= 0.6 is 15.9 Å². The molecule has 0 aliphatic rings. The fourth-order valence-electron chi connectivity index (χ4n) is 2.30. The fourth-order valence-corrected chi connectivity index (χ4v) is 2.68. The van der Waals surface area contributed by atoms with E-state index in [0.717, 1.165) is 16.6 Å². The van der Waals surface area contributed by atoms with Crippen LogP contribution < -0.4 is 10.1 Å². The largest absolute Gasteiger partial charge is 0.496 e. The van der Waals surface area contributed by atoms with Crippen molar-refractivity contribution in [2.75, 3.05) is 14.2 Å². The minimum atomic E-state index is 0.227. The van der Waals surface area contributed by atoms with Gasteiger partial charge in [0.05, 0.1) is 7.11 Å². The van der Waals surface area contributed by atoms with E-state index in [1.165, 1.54) is 16.7 Å². The number of aryl methyl sites for hydroxylation is 1. The number of hydrogen-bond donors (Lipinski definition) is 1. The molecule has 0 saturated carbocycles. The van der Waals surface area contributed by atoms with Gasteiger partial charge >= 0.3 is 0 Å². The molecule has 0 radical (unpaired) electrons. The first kappa shape index (κ1) is 15.1. The smallest absolute Gasteiger partial charge is 0.123 e. The summed E-state index contributed by atoms with van der Waals surface area (Å²) < 4.78 is 6.55. The Hall–Kier alpha value is -1.32. The van der Waals surface area contributed by atoms with Crippen LogP contribution in [0, 0.1) is 6.92 Å². The summed E-state index contributed by atoms with van der Waals surface area (Å²) in [5, 5.41) is 3.38. The molecule has 0 saturated heterocycles. The number of methoxy groups -OCH3 is 1. The normalized spacial score (nSPS) is 12.2. The van der Waals surface area contributed by atoms with E-state index in [1.54, 1.807) is 7.11 Å². The van der Waals surface area contributed by atoms with Crippen LogP contribution in [0.5, 0.6) is 5.75 Å². The van der Waals surface area contributed by atoms with Crippen molar-refractivity contribution < 1.29 is 4.74 Å². The summed E-state index contributed by atoms with van der Waals surface area (Å²) in [7, 11) is 3.70. The van der Waals surface area contributed by atoms with Crippen molar-refractivity contribution in [3.8, 4) is 5.75 Å². The molecule has 0 fully saturated rings. The summed E-state index contributed by atoms with van der Waals surface area (Å²) >= 11 is 3.53. The Kier molecular flexibility index (Phi) is 5.21. The van der Waals surface area contributed by atoms with Gasteiger partial charge in [-0.15, -0.1) is 0 Å². The highest BCUT2D eigenvalue weighted by Crippen LogP contribution is 2.30. The summed E-state index contributed by atoms with van der Waals surface area (Å²) in [6.07, 6.45) is 0.934. The SMILES string of the molecule is CNC(Cc1ccc(C)cc1)c1cc(Br)ccc1OC. The Morgan fingerprint density at radius 3 is 2.45 bits per heavy atom. The molecule has 3 heteroatoms. The third kappa shape index (κ3) is 3.62. The molecule has 2 aromatic rings. The van der Waals surface area contributed by atoms with E-state index in [4.69, 9.17) is 4.74 Å². The number of halogens is 1. The monoisotopic (exact) mass is 333 g/mol. The number of likely N-dealkylation sites (N-methyl/N-ethyl adjacent to an activating group) is 1. The highest BCUT2D eigenvalue weighted by Gasteiger charge is 2.15. The van der Waals surface area contributed by atoms with Gasteiger partial charge in [0.2, 0.25) is 0 Å². The molecule has 0 aliphatic heterocycles. The third-order valence-electron chi connectivity index (χ3n) is 3.48. The molecule has 1 N–H and O–H groups in total. The molecule has 1 atom stereocenters.